The first-order valence-corrected chi connectivity index (χ1v) is 13.2. The van der Waals surface area contributed by atoms with E-state index in [1.807, 2.05) is 24.3 Å². The number of aromatic nitrogens is 1. The van der Waals surface area contributed by atoms with Crippen molar-refractivity contribution >= 4 is 53.2 Å². The third-order valence-electron chi connectivity index (χ3n) is 6.27. The van der Waals surface area contributed by atoms with E-state index < -0.39 is 60.2 Å². The number of aromatic amines is 1. The van der Waals surface area contributed by atoms with E-state index in [1.165, 1.54) is 12.1 Å². The van der Waals surface area contributed by atoms with Crippen molar-refractivity contribution in [3.05, 3.63) is 65.9 Å². The minimum absolute atomic E-state index is 0.000642. The largest absolute Gasteiger partial charge is 0.508 e. The fourth-order valence-electron chi connectivity index (χ4n) is 4.10. The highest BCUT2D eigenvalue weighted by Crippen LogP contribution is 2.19. The van der Waals surface area contributed by atoms with Crippen molar-refractivity contribution in [2.45, 2.75) is 43.4 Å². The molecule has 0 aliphatic carbocycles. The van der Waals surface area contributed by atoms with Gasteiger partial charge in [-0.1, -0.05) is 30.3 Å². The highest BCUT2D eigenvalue weighted by Gasteiger charge is 2.31. The molecular formula is C27H31N5O8S. The van der Waals surface area contributed by atoms with Crippen LogP contribution >= 0.6 is 12.6 Å². The van der Waals surface area contributed by atoms with Gasteiger partial charge in [0, 0.05) is 29.3 Å². The molecule has 41 heavy (non-hydrogen) atoms. The molecule has 0 fully saturated rings. The van der Waals surface area contributed by atoms with E-state index in [2.05, 4.69) is 33.6 Å². The minimum atomic E-state index is -1.73. The molecular weight excluding hydrogens is 554 g/mol. The Morgan fingerprint density at radius 1 is 0.829 bits per heavy atom. The zero-order valence-electron chi connectivity index (χ0n) is 21.7. The number of carboxylic acid groups (broad SMARTS) is 2. The summed E-state index contributed by atoms with van der Waals surface area (Å²) in [5.41, 5.74) is 8.45. The van der Waals surface area contributed by atoms with E-state index in [1.54, 1.807) is 18.3 Å². The van der Waals surface area contributed by atoms with Crippen LogP contribution in [-0.2, 0) is 36.8 Å². The average molecular weight is 586 g/mol. The second-order valence-electron chi connectivity index (χ2n) is 9.34. The normalized spacial score (nSPS) is 13.9. The number of aromatic hydroxyl groups is 1. The summed E-state index contributed by atoms with van der Waals surface area (Å²) in [6.07, 6.45) is 1.02. The molecule has 1 aromatic heterocycles. The van der Waals surface area contributed by atoms with Crippen LogP contribution in [0.5, 0.6) is 5.75 Å². The minimum Gasteiger partial charge on any atom is -0.508 e. The third-order valence-corrected chi connectivity index (χ3v) is 6.63. The van der Waals surface area contributed by atoms with Crippen LogP contribution in [0.15, 0.2) is 54.7 Å². The van der Waals surface area contributed by atoms with Crippen molar-refractivity contribution in [1.29, 1.82) is 0 Å². The van der Waals surface area contributed by atoms with E-state index >= 15 is 0 Å². The number of hydrogen-bond donors (Lipinski definition) is 9. The molecule has 218 valence electrons. The first-order valence-electron chi connectivity index (χ1n) is 12.5. The molecule has 0 bridgehead atoms. The van der Waals surface area contributed by atoms with Crippen molar-refractivity contribution < 1.29 is 39.3 Å². The van der Waals surface area contributed by atoms with Crippen LogP contribution in [0.4, 0.5) is 0 Å². The number of fused-ring (bicyclic) bond motifs is 1. The quantitative estimate of drug-likeness (QED) is 0.115. The summed E-state index contributed by atoms with van der Waals surface area (Å²) in [6.45, 7) is 0. The molecule has 9 N–H and O–H groups in total. The number of phenolic OH excluding ortho intramolecular Hbond substituents is 1. The predicted octanol–water partition coefficient (Wildman–Crippen LogP) is -0.0705. The first kappa shape index (κ1) is 31.0. The molecule has 3 rings (SSSR count). The molecule has 0 saturated carbocycles. The molecule has 1 heterocycles. The predicted molar refractivity (Wildman–Crippen MR) is 151 cm³/mol. The third kappa shape index (κ3) is 8.71. The molecule has 4 unspecified atom stereocenters. The SMILES string of the molecule is NC(Cc1c[nH]c2ccccc12)C(=O)NC(Cc1ccc(O)cc1)C(=O)NC(CS)C(=O)NC(CC(=O)O)C(=O)O. The number of para-hydroxylation sites is 1. The maximum absolute atomic E-state index is 13.3. The number of hydrogen-bond acceptors (Lipinski definition) is 8. The fourth-order valence-corrected chi connectivity index (χ4v) is 4.36. The number of benzene rings is 2. The Bertz CT molecular complexity index is 1410. The monoisotopic (exact) mass is 585 g/mol. The highest BCUT2D eigenvalue weighted by molar-refractivity contribution is 7.80. The molecule has 0 radical (unpaired) electrons. The number of phenols is 1. The van der Waals surface area contributed by atoms with E-state index in [0.717, 1.165) is 16.5 Å². The molecule has 3 aromatic rings. The number of nitrogens with two attached hydrogens (primary N) is 1. The van der Waals surface area contributed by atoms with E-state index in [4.69, 9.17) is 10.8 Å². The van der Waals surface area contributed by atoms with E-state index in [9.17, 15) is 34.2 Å². The smallest absolute Gasteiger partial charge is 0.326 e. The van der Waals surface area contributed by atoms with Crippen molar-refractivity contribution in [1.82, 2.24) is 20.9 Å². The molecule has 0 saturated heterocycles. The maximum Gasteiger partial charge on any atom is 0.326 e. The molecule has 13 nitrogen and oxygen atoms in total. The second-order valence-corrected chi connectivity index (χ2v) is 9.71. The summed E-state index contributed by atoms with van der Waals surface area (Å²) in [4.78, 5) is 64.5. The summed E-state index contributed by atoms with van der Waals surface area (Å²) in [7, 11) is 0. The number of amides is 3. The molecule has 0 aliphatic heterocycles. The Hall–Kier alpha value is -4.56. The zero-order chi connectivity index (χ0) is 30.1. The average Bonchev–Trinajstić information content (AvgIpc) is 3.34. The maximum atomic E-state index is 13.3. The summed E-state index contributed by atoms with van der Waals surface area (Å²) < 4.78 is 0. The van der Waals surface area contributed by atoms with Crippen LogP contribution < -0.4 is 21.7 Å². The lowest BCUT2D eigenvalue weighted by Gasteiger charge is -2.24. The number of H-pyrrole nitrogens is 1. The van der Waals surface area contributed by atoms with Crippen LogP contribution in [0.1, 0.15) is 17.5 Å². The summed E-state index contributed by atoms with van der Waals surface area (Å²) in [5.74, 6) is -5.64. The molecule has 0 spiro atoms. The van der Waals surface area contributed by atoms with Crippen molar-refractivity contribution in [3.8, 4) is 5.75 Å². The summed E-state index contributed by atoms with van der Waals surface area (Å²) in [5, 5.41) is 35.7. The Labute approximate surface area is 239 Å². The first-order chi connectivity index (χ1) is 19.5. The molecule has 2 aromatic carbocycles. The zero-order valence-corrected chi connectivity index (χ0v) is 22.6. The van der Waals surface area contributed by atoms with Gasteiger partial charge in [-0.05, 0) is 35.7 Å². The summed E-state index contributed by atoms with van der Waals surface area (Å²) in [6, 6.07) is 8.12. The van der Waals surface area contributed by atoms with Gasteiger partial charge >= 0.3 is 11.9 Å². The molecule has 3 amide bonds. The van der Waals surface area contributed by atoms with Gasteiger partial charge in [0.05, 0.1) is 12.5 Å². The van der Waals surface area contributed by atoms with Gasteiger partial charge in [-0.15, -0.1) is 0 Å². The molecule has 14 heteroatoms. The lowest BCUT2D eigenvalue weighted by atomic mass is 10.0. The lowest BCUT2D eigenvalue weighted by molar-refractivity contribution is -0.147. The van der Waals surface area contributed by atoms with Gasteiger partial charge in [-0.3, -0.25) is 19.2 Å². The van der Waals surface area contributed by atoms with Crippen LogP contribution in [-0.4, -0.2) is 79.9 Å². The highest BCUT2D eigenvalue weighted by atomic mass is 32.1. The van der Waals surface area contributed by atoms with Crippen LogP contribution in [0.25, 0.3) is 10.9 Å². The molecule has 4 atom stereocenters. The van der Waals surface area contributed by atoms with Crippen LogP contribution in [0, 0.1) is 0 Å². The number of rotatable bonds is 14. The van der Waals surface area contributed by atoms with Gasteiger partial charge in [0.15, 0.2) is 0 Å². The number of carbonyl (C=O) groups excluding carboxylic acids is 3. The number of nitrogens with one attached hydrogen (secondary N) is 4. The van der Waals surface area contributed by atoms with Gasteiger partial charge in [0.1, 0.15) is 23.9 Å². The van der Waals surface area contributed by atoms with Crippen molar-refractivity contribution in [2.24, 2.45) is 5.73 Å². The van der Waals surface area contributed by atoms with E-state index in [0.29, 0.717) is 5.56 Å². The number of thiol groups is 1. The van der Waals surface area contributed by atoms with Gasteiger partial charge in [0.25, 0.3) is 0 Å². The fraction of sp³-hybridized carbons (Fsp3) is 0.296. The standard InChI is InChI=1S/C27H31N5O8S/c28-18(10-15-12-29-19-4-2-1-3-17(15)19)24(36)30-20(9-14-5-7-16(33)8-6-14)25(37)32-22(13-41)26(38)31-21(27(39)40)11-23(34)35/h1-8,12,18,20-22,29,33,41H,9-11,13,28H2,(H,30,36)(H,31,38)(H,32,37)(H,34,35)(H,39,40). The Morgan fingerprint density at radius 2 is 1.44 bits per heavy atom. The number of carboxylic acids is 2. The van der Waals surface area contributed by atoms with E-state index in [-0.39, 0.29) is 24.3 Å². The van der Waals surface area contributed by atoms with Crippen molar-refractivity contribution in [3.63, 3.8) is 0 Å². The number of carbonyl (C=O) groups is 5. The van der Waals surface area contributed by atoms with Crippen LogP contribution in [0.3, 0.4) is 0 Å². The number of aliphatic carboxylic acids is 2. The van der Waals surface area contributed by atoms with Gasteiger partial charge in [-0.25, -0.2) is 4.79 Å². The Balaban J connectivity index is 1.74. The topological polar surface area (TPSA) is 224 Å². The summed E-state index contributed by atoms with van der Waals surface area (Å²) >= 11 is 4.06. The lowest BCUT2D eigenvalue weighted by Crippen LogP contribution is -2.58. The van der Waals surface area contributed by atoms with Crippen molar-refractivity contribution in [2.75, 3.05) is 5.75 Å². The molecule has 0 aliphatic rings. The second kappa shape index (κ2) is 14.2. The van der Waals surface area contributed by atoms with Gasteiger partial charge in [0.2, 0.25) is 17.7 Å². The van der Waals surface area contributed by atoms with Crippen LogP contribution in [0.2, 0.25) is 0 Å². The Morgan fingerprint density at radius 3 is 2.07 bits per heavy atom. The van der Waals surface area contributed by atoms with Gasteiger partial charge in [-0.2, -0.15) is 12.6 Å². The Kier molecular flexibility index (Phi) is 10.7. The van der Waals surface area contributed by atoms with Gasteiger partial charge < -0.3 is 42.0 Å².